The van der Waals surface area contributed by atoms with Gasteiger partial charge in [0.2, 0.25) is 5.91 Å². The van der Waals surface area contributed by atoms with Crippen LogP contribution in [0.3, 0.4) is 0 Å². The van der Waals surface area contributed by atoms with Gasteiger partial charge in [-0.3, -0.25) is 9.59 Å². The molecular weight excluding hydrogens is 248 g/mol. The molecular formula is C13H24N2O4. The molecule has 0 saturated carbocycles. The van der Waals surface area contributed by atoms with Crippen molar-refractivity contribution in [3.63, 3.8) is 0 Å². The zero-order chi connectivity index (χ0) is 14.3. The number of carbonyl (C=O) groups is 2. The van der Waals surface area contributed by atoms with E-state index < -0.39 is 6.10 Å². The van der Waals surface area contributed by atoms with Crippen LogP contribution in [-0.4, -0.2) is 61.3 Å². The number of nitrogens with one attached hydrogen (secondary N) is 1. The smallest absolute Gasteiger partial charge is 0.308 e. The van der Waals surface area contributed by atoms with E-state index >= 15 is 0 Å². The minimum atomic E-state index is -0.699. The highest BCUT2D eigenvalue weighted by Gasteiger charge is 2.25. The summed E-state index contributed by atoms with van der Waals surface area (Å²) < 4.78 is 4.79. The number of likely N-dealkylation sites (tertiary alicyclic amines) is 1. The summed E-state index contributed by atoms with van der Waals surface area (Å²) in [6, 6.07) is 0. The van der Waals surface area contributed by atoms with Crippen LogP contribution in [0.2, 0.25) is 0 Å². The number of hydrogen-bond donors (Lipinski definition) is 2. The summed E-state index contributed by atoms with van der Waals surface area (Å²) in [5.41, 5.74) is 0. The number of hydrogen-bond acceptors (Lipinski definition) is 5. The van der Waals surface area contributed by atoms with Crippen molar-refractivity contribution in [1.82, 2.24) is 10.2 Å². The maximum absolute atomic E-state index is 11.5. The van der Waals surface area contributed by atoms with Crippen LogP contribution in [0.1, 0.15) is 26.2 Å². The summed E-state index contributed by atoms with van der Waals surface area (Å²) in [4.78, 5) is 24.8. The molecule has 1 aliphatic heterocycles. The number of aliphatic hydroxyl groups is 1. The number of amides is 1. The molecule has 0 radical (unpaired) electrons. The number of carbonyl (C=O) groups excluding carboxylic acids is 2. The highest BCUT2D eigenvalue weighted by atomic mass is 16.5. The topological polar surface area (TPSA) is 78.9 Å². The molecule has 110 valence electrons. The third-order valence-corrected chi connectivity index (χ3v) is 3.38. The zero-order valence-corrected chi connectivity index (χ0v) is 11.7. The van der Waals surface area contributed by atoms with Gasteiger partial charge in [0.1, 0.15) is 0 Å². The van der Waals surface area contributed by atoms with E-state index in [4.69, 9.17) is 4.74 Å². The molecule has 6 nitrogen and oxygen atoms in total. The average molecular weight is 272 g/mol. The Kier molecular flexibility index (Phi) is 6.80. The van der Waals surface area contributed by atoms with Crippen molar-refractivity contribution in [2.24, 2.45) is 5.92 Å². The lowest BCUT2D eigenvalue weighted by Crippen LogP contribution is -2.42. The molecule has 0 aromatic rings. The molecule has 0 aromatic carbocycles. The molecule has 19 heavy (non-hydrogen) atoms. The fraction of sp³-hybridized carbons (Fsp3) is 0.846. The first-order chi connectivity index (χ1) is 9.06. The number of esters is 1. The van der Waals surface area contributed by atoms with Gasteiger partial charge in [-0.2, -0.15) is 0 Å². The van der Waals surface area contributed by atoms with E-state index in [2.05, 4.69) is 10.2 Å². The summed E-state index contributed by atoms with van der Waals surface area (Å²) in [5, 5.41) is 12.5. The van der Waals surface area contributed by atoms with E-state index in [1.165, 1.54) is 0 Å². The van der Waals surface area contributed by atoms with Gasteiger partial charge in [-0.05, 0) is 32.9 Å². The van der Waals surface area contributed by atoms with Crippen LogP contribution in [-0.2, 0) is 14.3 Å². The molecule has 0 bridgehead atoms. The first kappa shape index (κ1) is 15.9. The van der Waals surface area contributed by atoms with Gasteiger partial charge in [-0.1, -0.05) is 0 Å². The third-order valence-electron chi connectivity index (χ3n) is 3.38. The van der Waals surface area contributed by atoms with Gasteiger partial charge in [0.25, 0.3) is 0 Å². The standard InChI is InChI=1S/C13H24N2O4/c1-3-19-12(17)8-11(16)9-15-6-4-10(5-7-15)13(18)14-2/h10-11,16H,3-9H2,1-2H3,(H,14,18). The molecule has 1 saturated heterocycles. The summed E-state index contributed by atoms with van der Waals surface area (Å²) in [6.45, 7) is 4.09. The van der Waals surface area contributed by atoms with E-state index in [0.29, 0.717) is 13.2 Å². The van der Waals surface area contributed by atoms with E-state index in [9.17, 15) is 14.7 Å². The Bertz CT molecular complexity index is 301. The number of aliphatic hydroxyl groups excluding tert-OH is 1. The van der Waals surface area contributed by atoms with Gasteiger partial charge in [0.05, 0.1) is 19.1 Å². The van der Waals surface area contributed by atoms with Crippen molar-refractivity contribution < 1.29 is 19.4 Å². The van der Waals surface area contributed by atoms with Crippen LogP contribution >= 0.6 is 0 Å². The second-order valence-electron chi connectivity index (χ2n) is 4.85. The van der Waals surface area contributed by atoms with Gasteiger partial charge >= 0.3 is 5.97 Å². The van der Waals surface area contributed by atoms with Crippen LogP contribution in [0, 0.1) is 5.92 Å². The van der Waals surface area contributed by atoms with Crippen molar-refractivity contribution >= 4 is 11.9 Å². The highest BCUT2D eigenvalue weighted by molar-refractivity contribution is 5.78. The number of rotatable bonds is 6. The van der Waals surface area contributed by atoms with Gasteiger partial charge in [0.15, 0.2) is 0 Å². The molecule has 1 rings (SSSR count). The number of ether oxygens (including phenoxy) is 1. The van der Waals surface area contributed by atoms with Crippen LogP contribution in [0.15, 0.2) is 0 Å². The largest absolute Gasteiger partial charge is 0.466 e. The zero-order valence-electron chi connectivity index (χ0n) is 11.7. The molecule has 1 atom stereocenters. The van der Waals surface area contributed by atoms with E-state index in [-0.39, 0.29) is 24.2 Å². The Hall–Kier alpha value is -1.14. The first-order valence-electron chi connectivity index (χ1n) is 6.84. The second kappa shape index (κ2) is 8.12. The van der Waals surface area contributed by atoms with Crippen molar-refractivity contribution in [2.45, 2.75) is 32.3 Å². The molecule has 2 N–H and O–H groups in total. The van der Waals surface area contributed by atoms with Gasteiger partial charge in [0, 0.05) is 19.5 Å². The van der Waals surface area contributed by atoms with Crippen molar-refractivity contribution in [2.75, 3.05) is 33.3 Å². The van der Waals surface area contributed by atoms with Crippen LogP contribution in [0.4, 0.5) is 0 Å². The summed E-state index contributed by atoms with van der Waals surface area (Å²) in [5.74, 6) is -0.203. The fourth-order valence-corrected chi connectivity index (χ4v) is 2.36. The average Bonchev–Trinajstić information content (AvgIpc) is 2.38. The molecule has 1 amide bonds. The Morgan fingerprint density at radius 3 is 2.58 bits per heavy atom. The summed E-state index contributed by atoms with van der Waals surface area (Å²) >= 11 is 0. The maximum Gasteiger partial charge on any atom is 0.308 e. The lowest BCUT2D eigenvalue weighted by Gasteiger charge is -2.32. The van der Waals surface area contributed by atoms with Gasteiger partial charge < -0.3 is 20.1 Å². The SMILES string of the molecule is CCOC(=O)CC(O)CN1CCC(C(=O)NC)CC1. The first-order valence-corrected chi connectivity index (χ1v) is 6.84. The van der Waals surface area contributed by atoms with Crippen LogP contribution in [0.25, 0.3) is 0 Å². The predicted molar refractivity (Wildman–Crippen MR) is 70.5 cm³/mol. The van der Waals surface area contributed by atoms with Gasteiger partial charge in [-0.15, -0.1) is 0 Å². The quantitative estimate of drug-likeness (QED) is 0.652. The molecule has 1 aliphatic rings. The van der Waals surface area contributed by atoms with Crippen LogP contribution in [0.5, 0.6) is 0 Å². The summed E-state index contributed by atoms with van der Waals surface area (Å²) in [6.07, 6.45) is 0.927. The second-order valence-corrected chi connectivity index (χ2v) is 4.85. The Morgan fingerprint density at radius 1 is 1.42 bits per heavy atom. The molecule has 6 heteroatoms. The molecule has 1 fully saturated rings. The van der Waals surface area contributed by atoms with Gasteiger partial charge in [-0.25, -0.2) is 0 Å². The molecule has 0 aliphatic carbocycles. The van der Waals surface area contributed by atoms with Crippen molar-refractivity contribution in [3.8, 4) is 0 Å². The molecule has 1 heterocycles. The van der Waals surface area contributed by atoms with E-state index in [1.54, 1.807) is 14.0 Å². The highest BCUT2D eigenvalue weighted by Crippen LogP contribution is 2.17. The Balaban J connectivity index is 2.25. The summed E-state index contributed by atoms with van der Waals surface area (Å²) in [7, 11) is 1.65. The fourth-order valence-electron chi connectivity index (χ4n) is 2.36. The minimum absolute atomic E-state index is 0.0310. The lowest BCUT2D eigenvalue weighted by molar-refractivity contribution is -0.145. The molecule has 0 spiro atoms. The monoisotopic (exact) mass is 272 g/mol. The molecule has 0 aromatic heterocycles. The minimum Gasteiger partial charge on any atom is -0.466 e. The predicted octanol–water partition coefficient (Wildman–Crippen LogP) is -0.241. The van der Waals surface area contributed by atoms with Crippen molar-refractivity contribution in [1.29, 1.82) is 0 Å². The Morgan fingerprint density at radius 2 is 2.05 bits per heavy atom. The molecule has 1 unspecified atom stereocenters. The number of β-amino-alcohol motifs (C(OH)–C–C–N with tert-alkyl or cyclic N) is 1. The number of nitrogens with zero attached hydrogens (tertiary/aromatic N) is 1. The van der Waals surface area contributed by atoms with E-state index in [0.717, 1.165) is 25.9 Å². The normalized spacial score (nSPS) is 18.9. The van der Waals surface area contributed by atoms with Crippen molar-refractivity contribution in [3.05, 3.63) is 0 Å². The number of piperidine rings is 1. The Labute approximate surface area is 114 Å². The lowest BCUT2D eigenvalue weighted by atomic mass is 9.95. The maximum atomic E-state index is 11.5. The van der Waals surface area contributed by atoms with Crippen LogP contribution < -0.4 is 5.32 Å². The van der Waals surface area contributed by atoms with E-state index in [1.807, 2.05) is 0 Å². The third kappa shape index (κ3) is 5.57.